The van der Waals surface area contributed by atoms with Gasteiger partial charge in [0.2, 0.25) is 0 Å². The molecule has 1 heteroatoms. The van der Waals surface area contributed by atoms with Gasteiger partial charge in [0, 0.05) is 0 Å². The first-order valence-corrected chi connectivity index (χ1v) is 9.41. The van der Waals surface area contributed by atoms with E-state index in [1.165, 1.54) is 40.8 Å². The number of hydrogen-bond acceptors (Lipinski definition) is 1. The zero-order chi connectivity index (χ0) is 17.9. The molecule has 4 aromatic rings. The van der Waals surface area contributed by atoms with E-state index >= 15 is 0 Å². The molecule has 1 unspecified atom stereocenters. The number of aromatic hydroxyl groups is 1. The van der Waals surface area contributed by atoms with Gasteiger partial charge in [-0.1, -0.05) is 73.7 Å². The third kappa shape index (κ3) is 3.17. The molecule has 1 aliphatic carbocycles. The molecule has 0 aromatic heterocycles. The van der Waals surface area contributed by atoms with E-state index in [-0.39, 0.29) is 0 Å². The molecular weight excluding hydrogens is 316 g/mol. The molecule has 1 nitrogen and oxygen atoms in total. The van der Waals surface area contributed by atoms with Crippen LogP contribution in [-0.2, 0) is 6.42 Å². The fraction of sp³-hybridized carbons (Fsp3) is 0.200. The van der Waals surface area contributed by atoms with Gasteiger partial charge < -0.3 is 5.11 Å². The minimum atomic E-state index is 0.322. The van der Waals surface area contributed by atoms with Crippen molar-refractivity contribution in [1.82, 2.24) is 0 Å². The SMILES string of the molecule is CC1CCCc2c1ccc1c2ccc2ccccc21.Oc1ccccc1. The van der Waals surface area contributed by atoms with Crippen molar-refractivity contribution >= 4 is 21.5 Å². The van der Waals surface area contributed by atoms with Crippen molar-refractivity contribution in [3.05, 3.63) is 90.0 Å². The summed E-state index contributed by atoms with van der Waals surface area (Å²) >= 11 is 0. The lowest BCUT2D eigenvalue weighted by molar-refractivity contribution is 0.475. The quantitative estimate of drug-likeness (QED) is 0.348. The monoisotopic (exact) mass is 340 g/mol. The van der Waals surface area contributed by atoms with Crippen molar-refractivity contribution in [2.45, 2.75) is 32.1 Å². The molecule has 5 rings (SSSR count). The summed E-state index contributed by atoms with van der Waals surface area (Å²) in [5, 5.41) is 14.3. The highest BCUT2D eigenvalue weighted by atomic mass is 16.3. The lowest BCUT2D eigenvalue weighted by Crippen LogP contribution is -2.07. The van der Waals surface area contributed by atoms with Gasteiger partial charge in [-0.3, -0.25) is 0 Å². The van der Waals surface area contributed by atoms with Crippen LogP contribution in [0.25, 0.3) is 21.5 Å². The summed E-state index contributed by atoms with van der Waals surface area (Å²) in [6, 6.07) is 26.7. The van der Waals surface area contributed by atoms with Gasteiger partial charge in [-0.25, -0.2) is 0 Å². The van der Waals surface area contributed by atoms with Crippen LogP contribution in [-0.4, -0.2) is 5.11 Å². The van der Waals surface area contributed by atoms with Crippen LogP contribution in [0.1, 0.15) is 36.8 Å². The average molecular weight is 340 g/mol. The topological polar surface area (TPSA) is 20.2 Å². The number of para-hydroxylation sites is 1. The Labute approximate surface area is 154 Å². The molecular formula is C25H24O. The third-order valence-electron chi connectivity index (χ3n) is 5.42. The van der Waals surface area contributed by atoms with E-state index in [1.54, 1.807) is 35.4 Å². The maximum Gasteiger partial charge on any atom is 0.115 e. The molecule has 1 aliphatic rings. The molecule has 0 bridgehead atoms. The van der Waals surface area contributed by atoms with Gasteiger partial charge >= 0.3 is 0 Å². The van der Waals surface area contributed by atoms with E-state index in [0.717, 1.165) is 5.92 Å². The van der Waals surface area contributed by atoms with Crippen LogP contribution in [0.2, 0.25) is 0 Å². The predicted octanol–water partition coefficient (Wildman–Crippen LogP) is 6.83. The van der Waals surface area contributed by atoms with Crippen molar-refractivity contribution in [3.63, 3.8) is 0 Å². The summed E-state index contributed by atoms with van der Waals surface area (Å²) in [7, 11) is 0. The van der Waals surface area contributed by atoms with Gasteiger partial charge in [0.05, 0.1) is 0 Å². The smallest absolute Gasteiger partial charge is 0.115 e. The normalized spacial score (nSPS) is 16.0. The zero-order valence-corrected chi connectivity index (χ0v) is 15.2. The van der Waals surface area contributed by atoms with Gasteiger partial charge in [-0.15, -0.1) is 0 Å². The molecule has 0 aliphatic heterocycles. The van der Waals surface area contributed by atoms with Crippen molar-refractivity contribution in [2.75, 3.05) is 0 Å². The molecule has 0 amide bonds. The van der Waals surface area contributed by atoms with Gasteiger partial charge in [0.15, 0.2) is 0 Å². The largest absolute Gasteiger partial charge is 0.508 e. The molecule has 1 atom stereocenters. The van der Waals surface area contributed by atoms with Crippen molar-refractivity contribution < 1.29 is 5.11 Å². The van der Waals surface area contributed by atoms with Gasteiger partial charge in [-0.05, 0) is 70.0 Å². The Balaban J connectivity index is 0.000000204. The third-order valence-corrected chi connectivity index (χ3v) is 5.42. The second-order valence-corrected chi connectivity index (χ2v) is 7.14. The second-order valence-electron chi connectivity index (χ2n) is 7.14. The van der Waals surface area contributed by atoms with Crippen LogP contribution in [0.5, 0.6) is 5.75 Å². The highest BCUT2D eigenvalue weighted by molar-refractivity contribution is 6.08. The summed E-state index contributed by atoms with van der Waals surface area (Å²) < 4.78 is 0. The zero-order valence-electron chi connectivity index (χ0n) is 15.2. The Bertz CT molecular complexity index is 1030. The van der Waals surface area contributed by atoms with Crippen LogP contribution < -0.4 is 0 Å². The van der Waals surface area contributed by atoms with Gasteiger partial charge in [0.1, 0.15) is 5.75 Å². The molecule has 0 heterocycles. The second kappa shape index (κ2) is 7.21. The molecule has 1 N–H and O–H groups in total. The van der Waals surface area contributed by atoms with Crippen LogP contribution in [0.4, 0.5) is 0 Å². The molecule has 0 fully saturated rings. The van der Waals surface area contributed by atoms with E-state index in [2.05, 4.69) is 55.5 Å². The Morgan fingerprint density at radius 1 is 0.731 bits per heavy atom. The van der Waals surface area contributed by atoms with E-state index in [0.29, 0.717) is 5.75 Å². The molecule has 4 aromatic carbocycles. The first-order valence-electron chi connectivity index (χ1n) is 9.41. The fourth-order valence-corrected chi connectivity index (χ4v) is 4.08. The van der Waals surface area contributed by atoms with Crippen molar-refractivity contribution in [1.29, 1.82) is 0 Å². The van der Waals surface area contributed by atoms with Crippen LogP contribution in [0, 0.1) is 0 Å². The summed E-state index contributed by atoms with van der Waals surface area (Å²) in [4.78, 5) is 0. The average Bonchev–Trinajstić information content (AvgIpc) is 2.69. The standard InChI is InChI=1S/C19H18.C6H6O/c1-13-5-4-8-17-15(13)11-12-18-16-7-3-2-6-14(16)9-10-19(17)18;7-6-4-2-1-3-5-6/h2-3,6-7,9-13H,4-5,8H2,1H3;1-5,7H. The molecule has 26 heavy (non-hydrogen) atoms. The van der Waals surface area contributed by atoms with E-state index in [4.69, 9.17) is 5.11 Å². The van der Waals surface area contributed by atoms with Gasteiger partial charge in [-0.2, -0.15) is 0 Å². The minimum absolute atomic E-state index is 0.322. The fourth-order valence-electron chi connectivity index (χ4n) is 4.08. The number of rotatable bonds is 0. The number of phenols is 1. The number of aryl methyl sites for hydroxylation is 1. The van der Waals surface area contributed by atoms with Crippen molar-refractivity contribution in [2.24, 2.45) is 0 Å². The predicted molar refractivity (Wildman–Crippen MR) is 111 cm³/mol. The van der Waals surface area contributed by atoms with E-state index < -0.39 is 0 Å². The Morgan fingerprint density at radius 3 is 2.23 bits per heavy atom. The van der Waals surface area contributed by atoms with Gasteiger partial charge in [0.25, 0.3) is 0 Å². The molecule has 130 valence electrons. The number of benzene rings is 4. The van der Waals surface area contributed by atoms with E-state index in [1.807, 2.05) is 6.07 Å². The van der Waals surface area contributed by atoms with Crippen LogP contribution >= 0.6 is 0 Å². The Kier molecular flexibility index (Phi) is 4.62. The van der Waals surface area contributed by atoms with Crippen LogP contribution in [0.15, 0.2) is 78.9 Å². The molecule has 0 spiro atoms. The maximum atomic E-state index is 8.63. The Morgan fingerprint density at radius 2 is 1.46 bits per heavy atom. The molecule has 0 radical (unpaired) electrons. The number of hydrogen-bond donors (Lipinski definition) is 1. The first-order chi connectivity index (χ1) is 12.7. The molecule has 0 saturated carbocycles. The lowest BCUT2D eigenvalue weighted by Gasteiger charge is -2.24. The number of fused-ring (bicyclic) bond motifs is 5. The minimum Gasteiger partial charge on any atom is -0.508 e. The lowest BCUT2D eigenvalue weighted by atomic mass is 9.81. The highest BCUT2D eigenvalue weighted by Gasteiger charge is 2.18. The Hall–Kier alpha value is -2.80. The highest BCUT2D eigenvalue weighted by Crippen LogP contribution is 2.37. The van der Waals surface area contributed by atoms with E-state index in [9.17, 15) is 0 Å². The van der Waals surface area contributed by atoms with Crippen molar-refractivity contribution in [3.8, 4) is 5.75 Å². The number of phenolic OH excluding ortho intramolecular Hbond substituents is 1. The summed E-state index contributed by atoms with van der Waals surface area (Å²) in [6.07, 6.45) is 3.92. The maximum absolute atomic E-state index is 8.63. The van der Waals surface area contributed by atoms with Crippen LogP contribution in [0.3, 0.4) is 0 Å². The summed E-state index contributed by atoms with van der Waals surface area (Å²) in [5.41, 5.74) is 3.18. The first kappa shape index (κ1) is 16.7. The summed E-state index contributed by atoms with van der Waals surface area (Å²) in [5.74, 6) is 1.04. The molecule has 0 saturated heterocycles. The summed E-state index contributed by atoms with van der Waals surface area (Å²) in [6.45, 7) is 2.37.